The van der Waals surface area contributed by atoms with E-state index in [1.165, 1.54) is 12.1 Å². The molecular formula is C23H21FN2O2. The highest BCUT2D eigenvalue weighted by molar-refractivity contribution is 6.06. The van der Waals surface area contributed by atoms with Crippen LogP contribution in [0.4, 0.5) is 10.1 Å². The molecule has 0 fully saturated rings. The van der Waals surface area contributed by atoms with Crippen LogP contribution in [0.2, 0.25) is 0 Å². The molecule has 0 bridgehead atoms. The lowest BCUT2D eigenvalue weighted by Crippen LogP contribution is -2.44. The van der Waals surface area contributed by atoms with Gasteiger partial charge in [-0.1, -0.05) is 30.3 Å². The highest BCUT2D eigenvalue weighted by Gasteiger charge is 2.30. The average Bonchev–Trinajstić information content (AvgIpc) is 2.70. The summed E-state index contributed by atoms with van der Waals surface area (Å²) in [6, 6.07) is 17.3. The third-order valence-electron chi connectivity index (χ3n) is 5.24. The van der Waals surface area contributed by atoms with Gasteiger partial charge in [-0.15, -0.1) is 0 Å². The van der Waals surface area contributed by atoms with Gasteiger partial charge >= 0.3 is 0 Å². The van der Waals surface area contributed by atoms with Gasteiger partial charge < -0.3 is 9.47 Å². The molecule has 1 atom stereocenters. The van der Waals surface area contributed by atoms with Crippen molar-refractivity contribution in [2.45, 2.75) is 32.4 Å². The number of benzene rings is 2. The number of pyridine rings is 1. The maximum atomic E-state index is 13.6. The Kier molecular flexibility index (Phi) is 4.82. The third kappa shape index (κ3) is 3.36. The summed E-state index contributed by atoms with van der Waals surface area (Å²) in [6.45, 7) is 2.35. The molecular weight excluding hydrogens is 355 g/mol. The van der Waals surface area contributed by atoms with Crippen molar-refractivity contribution in [1.29, 1.82) is 0 Å². The Morgan fingerprint density at radius 3 is 2.68 bits per heavy atom. The van der Waals surface area contributed by atoms with Crippen LogP contribution in [-0.4, -0.2) is 16.5 Å². The van der Waals surface area contributed by atoms with Gasteiger partial charge in [-0.3, -0.25) is 9.59 Å². The molecule has 0 radical (unpaired) electrons. The summed E-state index contributed by atoms with van der Waals surface area (Å²) in [4.78, 5) is 27.9. The van der Waals surface area contributed by atoms with Gasteiger partial charge in [0, 0.05) is 17.9 Å². The fourth-order valence-electron chi connectivity index (χ4n) is 3.76. The molecule has 1 aliphatic heterocycles. The third-order valence-corrected chi connectivity index (χ3v) is 5.24. The lowest BCUT2D eigenvalue weighted by Gasteiger charge is -2.35. The maximum Gasteiger partial charge on any atom is 0.264 e. The van der Waals surface area contributed by atoms with E-state index >= 15 is 0 Å². The molecule has 0 saturated carbocycles. The van der Waals surface area contributed by atoms with Gasteiger partial charge in [0.15, 0.2) is 0 Å². The van der Waals surface area contributed by atoms with Crippen LogP contribution >= 0.6 is 0 Å². The van der Waals surface area contributed by atoms with E-state index in [-0.39, 0.29) is 28.9 Å². The second kappa shape index (κ2) is 7.43. The Labute approximate surface area is 162 Å². The van der Waals surface area contributed by atoms with Gasteiger partial charge in [0.2, 0.25) is 0 Å². The molecule has 3 aromatic rings. The standard InChI is InChI=1S/C23H21FN2O2/c1-16-9-10-18-14-19(24)11-12-21(18)26(16)23(28)20-8-5-13-25(22(20)27)15-17-6-3-2-4-7-17/h2-8,11-14,16H,9-10,15H2,1H3/t16-/m1/s1. The quantitative estimate of drug-likeness (QED) is 0.693. The first-order valence-corrected chi connectivity index (χ1v) is 9.40. The molecule has 28 heavy (non-hydrogen) atoms. The first kappa shape index (κ1) is 18.2. The number of aryl methyl sites for hydroxylation is 1. The van der Waals surface area contributed by atoms with Gasteiger partial charge in [-0.25, -0.2) is 4.39 Å². The molecule has 0 aliphatic carbocycles. The summed E-state index contributed by atoms with van der Waals surface area (Å²) in [5.41, 5.74) is 2.27. The minimum absolute atomic E-state index is 0.0624. The van der Waals surface area contributed by atoms with Crippen LogP contribution in [-0.2, 0) is 13.0 Å². The SMILES string of the molecule is C[C@@H]1CCc2cc(F)ccc2N1C(=O)c1cccn(Cc2ccccc2)c1=O. The number of anilines is 1. The summed E-state index contributed by atoms with van der Waals surface area (Å²) in [7, 11) is 0. The van der Waals surface area contributed by atoms with Crippen LogP contribution in [0.3, 0.4) is 0 Å². The van der Waals surface area contributed by atoms with E-state index in [0.717, 1.165) is 17.5 Å². The van der Waals surface area contributed by atoms with Crippen molar-refractivity contribution in [3.05, 3.63) is 99.7 Å². The molecule has 0 spiro atoms. The average molecular weight is 376 g/mol. The molecule has 1 amide bonds. The van der Waals surface area contributed by atoms with E-state index < -0.39 is 0 Å². The molecule has 1 aromatic heterocycles. The maximum absolute atomic E-state index is 13.6. The molecule has 2 aromatic carbocycles. The van der Waals surface area contributed by atoms with Gasteiger partial charge in [0.25, 0.3) is 11.5 Å². The van der Waals surface area contributed by atoms with Crippen molar-refractivity contribution < 1.29 is 9.18 Å². The van der Waals surface area contributed by atoms with Gasteiger partial charge in [-0.05, 0) is 61.2 Å². The monoisotopic (exact) mass is 376 g/mol. The van der Waals surface area contributed by atoms with E-state index in [2.05, 4.69) is 0 Å². The number of carbonyl (C=O) groups excluding carboxylic acids is 1. The van der Waals surface area contributed by atoms with Crippen molar-refractivity contribution in [3.63, 3.8) is 0 Å². The Hall–Kier alpha value is -3.21. The molecule has 0 unspecified atom stereocenters. The first-order chi connectivity index (χ1) is 13.5. The largest absolute Gasteiger partial charge is 0.310 e. The topological polar surface area (TPSA) is 42.3 Å². The molecule has 4 nitrogen and oxygen atoms in total. The number of amides is 1. The predicted molar refractivity (Wildman–Crippen MR) is 107 cm³/mol. The van der Waals surface area contributed by atoms with Gasteiger partial charge in [0.05, 0.1) is 6.54 Å². The molecule has 0 saturated heterocycles. The fourth-order valence-corrected chi connectivity index (χ4v) is 3.76. The summed E-state index contributed by atoms with van der Waals surface area (Å²) >= 11 is 0. The normalized spacial score (nSPS) is 15.9. The Balaban J connectivity index is 1.71. The van der Waals surface area contributed by atoms with Gasteiger partial charge in [0.1, 0.15) is 11.4 Å². The van der Waals surface area contributed by atoms with Crippen LogP contribution in [0.15, 0.2) is 71.7 Å². The lowest BCUT2D eigenvalue weighted by atomic mass is 9.95. The van der Waals surface area contributed by atoms with E-state index in [9.17, 15) is 14.0 Å². The molecule has 1 aliphatic rings. The van der Waals surface area contributed by atoms with Crippen LogP contribution in [0.25, 0.3) is 0 Å². The highest BCUT2D eigenvalue weighted by Crippen LogP contribution is 2.32. The van der Waals surface area contributed by atoms with Crippen LogP contribution in [0.5, 0.6) is 0 Å². The highest BCUT2D eigenvalue weighted by atomic mass is 19.1. The zero-order valence-electron chi connectivity index (χ0n) is 15.6. The number of halogens is 1. The summed E-state index contributed by atoms with van der Waals surface area (Å²) in [6.07, 6.45) is 3.13. The first-order valence-electron chi connectivity index (χ1n) is 9.40. The van der Waals surface area contributed by atoms with Crippen molar-refractivity contribution in [1.82, 2.24) is 4.57 Å². The number of carbonyl (C=O) groups is 1. The van der Waals surface area contributed by atoms with Crippen LogP contribution in [0.1, 0.15) is 34.8 Å². The summed E-state index contributed by atoms with van der Waals surface area (Å²) in [5, 5.41) is 0. The summed E-state index contributed by atoms with van der Waals surface area (Å²) in [5.74, 6) is -0.655. The predicted octanol–water partition coefficient (Wildman–Crippen LogP) is 4.02. The zero-order valence-corrected chi connectivity index (χ0v) is 15.6. The van der Waals surface area contributed by atoms with Crippen molar-refractivity contribution in [3.8, 4) is 0 Å². The number of rotatable bonds is 3. The second-order valence-corrected chi connectivity index (χ2v) is 7.18. The fraction of sp³-hybridized carbons (Fsp3) is 0.217. The number of fused-ring (bicyclic) bond motifs is 1. The Bertz CT molecular complexity index is 1080. The Morgan fingerprint density at radius 2 is 1.89 bits per heavy atom. The van der Waals surface area contributed by atoms with Crippen LogP contribution in [0, 0.1) is 5.82 Å². The number of hydrogen-bond acceptors (Lipinski definition) is 2. The molecule has 5 heteroatoms. The minimum atomic E-state index is -0.340. The van der Waals surface area contributed by atoms with Crippen molar-refractivity contribution in [2.24, 2.45) is 0 Å². The molecule has 142 valence electrons. The van der Waals surface area contributed by atoms with Crippen molar-refractivity contribution >= 4 is 11.6 Å². The number of hydrogen-bond donors (Lipinski definition) is 0. The van der Waals surface area contributed by atoms with E-state index in [1.807, 2.05) is 37.3 Å². The second-order valence-electron chi connectivity index (χ2n) is 7.18. The zero-order chi connectivity index (χ0) is 19.7. The number of nitrogens with zero attached hydrogens (tertiary/aromatic N) is 2. The summed E-state index contributed by atoms with van der Waals surface area (Å²) < 4.78 is 15.2. The Morgan fingerprint density at radius 1 is 1.11 bits per heavy atom. The molecule has 2 heterocycles. The van der Waals surface area contributed by atoms with Crippen LogP contribution < -0.4 is 10.5 Å². The minimum Gasteiger partial charge on any atom is -0.310 e. The molecule has 0 N–H and O–H groups in total. The van der Waals surface area contributed by atoms with Gasteiger partial charge in [-0.2, -0.15) is 0 Å². The van der Waals surface area contributed by atoms with E-state index in [0.29, 0.717) is 18.7 Å². The smallest absolute Gasteiger partial charge is 0.264 e. The number of aromatic nitrogens is 1. The lowest BCUT2D eigenvalue weighted by molar-refractivity contribution is 0.0973. The molecule has 4 rings (SSSR count). The van der Waals surface area contributed by atoms with Crippen molar-refractivity contribution in [2.75, 3.05) is 4.90 Å². The van der Waals surface area contributed by atoms with E-state index in [4.69, 9.17) is 0 Å². The van der Waals surface area contributed by atoms with E-state index in [1.54, 1.807) is 33.9 Å².